The van der Waals surface area contributed by atoms with Crippen molar-refractivity contribution in [3.8, 4) is 5.75 Å². The van der Waals surface area contributed by atoms with Crippen LogP contribution in [0.5, 0.6) is 5.75 Å². The Kier molecular flexibility index (Phi) is 20.7. The Morgan fingerprint density at radius 1 is 0.685 bits per heavy atom. The van der Waals surface area contributed by atoms with Crippen molar-refractivity contribution < 1.29 is 42.0 Å². The highest BCUT2D eigenvalue weighted by Gasteiger charge is 2.52. The standard InChI is InChI=1S/C10H13BO.C9H16BNO3.C9H19BO2.C6H13BO.C5H11BO2/c1-8(2)11-7-9-5-3-4-6-10(9)12-11;1-6(2)10-13-8(4)9(14-10)7(3)11-5-12;1-7(2)10-11-8(3,4)9(5,6)12-10;1-6(2)7-4-3-5-8-7;1-5(2)6-7-3-4-8-6/h3-6,8H,7H2,1-2H3;6-9H,1-4H3;7H,1-6H3;6H,3-5H2,1-2H3;5H,3-4H2,1-2H3/t;7?,8-,9-;;;/m.0.../s1. The van der Waals surface area contributed by atoms with Crippen LogP contribution in [0, 0.1) is 0 Å². The first-order chi connectivity index (χ1) is 25.2. The van der Waals surface area contributed by atoms with Gasteiger partial charge in [-0.15, -0.1) is 0 Å². The molecule has 3 atom stereocenters. The van der Waals surface area contributed by atoms with Crippen molar-refractivity contribution >= 4 is 41.3 Å². The van der Waals surface area contributed by atoms with Crippen molar-refractivity contribution in [2.75, 3.05) is 19.8 Å². The van der Waals surface area contributed by atoms with Crippen LogP contribution in [0.2, 0.25) is 35.4 Å². The highest BCUT2D eigenvalue weighted by atomic mass is 16.7. The minimum absolute atomic E-state index is 0.0190. The monoisotopic (exact) mass is 754 g/mol. The van der Waals surface area contributed by atoms with Gasteiger partial charge in [0.05, 0.1) is 42.7 Å². The Hall–Kier alpha value is -1.56. The van der Waals surface area contributed by atoms with Gasteiger partial charge in [0.25, 0.3) is 6.92 Å². The molecule has 0 aliphatic carbocycles. The number of hydrogen-bond donors (Lipinski definition) is 0. The van der Waals surface area contributed by atoms with E-state index in [1.807, 2.05) is 33.8 Å². The third-order valence-corrected chi connectivity index (χ3v) is 10.5. The van der Waals surface area contributed by atoms with Crippen LogP contribution in [-0.4, -0.2) is 90.5 Å². The summed E-state index contributed by atoms with van der Waals surface area (Å²) in [6.45, 7) is 36.9. The smallest absolute Gasteiger partial charge is 0.460 e. The van der Waals surface area contributed by atoms with E-state index in [0.717, 1.165) is 37.7 Å². The molecule has 0 bridgehead atoms. The predicted molar refractivity (Wildman–Crippen MR) is 226 cm³/mol. The van der Waals surface area contributed by atoms with E-state index in [9.17, 15) is 4.79 Å². The zero-order chi connectivity index (χ0) is 40.8. The molecule has 1 aromatic rings. The maximum absolute atomic E-state index is 10.1. The van der Waals surface area contributed by atoms with Gasteiger partial charge in [-0.25, -0.2) is 9.79 Å². The van der Waals surface area contributed by atoms with Gasteiger partial charge in [0.2, 0.25) is 6.08 Å². The highest BCUT2D eigenvalue weighted by Crippen LogP contribution is 2.39. The van der Waals surface area contributed by atoms with Crippen LogP contribution in [0.25, 0.3) is 0 Å². The van der Waals surface area contributed by atoms with Crippen LogP contribution in [0.4, 0.5) is 0 Å². The van der Waals surface area contributed by atoms with Crippen LogP contribution in [0.3, 0.4) is 0 Å². The van der Waals surface area contributed by atoms with Crippen LogP contribution >= 0.6 is 0 Å². The van der Waals surface area contributed by atoms with Gasteiger partial charge in [-0.2, -0.15) is 0 Å². The Labute approximate surface area is 331 Å². The quantitative estimate of drug-likeness (QED) is 0.153. The first-order valence-electron chi connectivity index (χ1n) is 20.5. The molecular weight excluding hydrogens is 680 g/mol. The molecule has 6 rings (SSSR count). The molecule has 54 heavy (non-hydrogen) atoms. The van der Waals surface area contributed by atoms with Gasteiger partial charge in [-0.1, -0.05) is 87.4 Å². The topological polar surface area (TPSA) is 103 Å². The molecular formula is C39H72B5NO9. The molecule has 0 spiro atoms. The number of rotatable bonds is 7. The number of nitrogens with zero attached hydrogens (tertiary/aromatic N) is 1. The Balaban J connectivity index is 0.000000237. The van der Waals surface area contributed by atoms with Crippen molar-refractivity contribution in [3.05, 3.63) is 29.8 Å². The maximum atomic E-state index is 10.1. The van der Waals surface area contributed by atoms with Gasteiger partial charge in [0, 0.05) is 6.61 Å². The molecule has 10 nitrogen and oxygen atoms in total. The third kappa shape index (κ3) is 15.4. The molecule has 0 N–H and O–H groups in total. The summed E-state index contributed by atoms with van der Waals surface area (Å²) >= 11 is 0. The Morgan fingerprint density at radius 2 is 1.22 bits per heavy atom. The number of carbonyl (C=O) groups excluding carboxylic acids is 1. The van der Waals surface area contributed by atoms with E-state index >= 15 is 0 Å². The summed E-state index contributed by atoms with van der Waals surface area (Å²) in [6.07, 6.45) is 5.01. The second-order valence-corrected chi connectivity index (χ2v) is 17.7. The van der Waals surface area contributed by atoms with Crippen LogP contribution in [0.15, 0.2) is 29.3 Å². The summed E-state index contributed by atoms with van der Waals surface area (Å²) in [5, 5.41) is 0. The maximum Gasteiger partial charge on any atom is 0.460 e. The second kappa shape index (κ2) is 23.0. The molecule has 0 radical (unpaired) electrons. The molecule has 5 heterocycles. The van der Waals surface area contributed by atoms with Crippen molar-refractivity contribution in [1.82, 2.24) is 0 Å². The molecule has 302 valence electrons. The lowest BCUT2D eigenvalue weighted by molar-refractivity contribution is 0.00578. The number of aliphatic imine (C=N–C) groups is 1. The zero-order valence-corrected chi connectivity index (χ0v) is 36.7. The molecule has 5 aliphatic rings. The van der Waals surface area contributed by atoms with Crippen LogP contribution in [-0.2, 0) is 43.7 Å². The van der Waals surface area contributed by atoms with Gasteiger partial charge in [-0.05, 0) is 101 Å². The van der Waals surface area contributed by atoms with E-state index in [4.69, 9.17) is 37.2 Å². The van der Waals surface area contributed by atoms with Crippen molar-refractivity contribution in [3.63, 3.8) is 0 Å². The van der Waals surface area contributed by atoms with Crippen molar-refractivity contribution in [2.24, 2.45) is 4.99 Å². The molecule has 0 aromatic heterocycles. The van der Waals surface area contributed by atoms with Gasteiger partial charge >= 0.3 is 28.3 Å². The summed E-state index contributed by atoms with van der Waals surface area (Å²) in [7, 11) is -0.163. The fraction of sp³-hybridized carbons (Fsp3) is 0.821. The number of isocyanates is 1. The molecule has 0 amide bonds. The highest BCUT2D eigenvalue weighted by molar-refractivity contribution is 6.55. The number of fused-ring (bicyclic) bond motifs is 1. The fourth-order valence-corrected chi connectivity index (χ4v) is 6.19. The average Bonchev–Trinajstić information content (AvgIpc) is 3.93. The molecule has 15 heteroatoms. The SMILES string of the molecule is CC(C)B1CCCO1.CC(C)B1Cc2ccccc2O1.CC(C)B1OC(C)(C)C(C)(C)O1.CC(C)B1OCCO1.CC(C)B1O[C@@H](C)[C@H](C(C)N=C=O)O1. The van der Waals surface area contributed by atoms with Crippen LogP contribution < -0.4 is 4.65 Å². The third-order valence-electron chi connectivity index (χ3n) is 10.5. The number of benzene rings is 1. The minimum atomic E-state index is -0.189. The van der Waals surface area contributed by atoms with E-state index in [-0.39, 0.29) is 50.8 Å². The van der Waals surface area contributed by atoms with E-state index in [1.54, 1.807) is 6.08 Å². The fourth-order valence-electron chi connectivity index (χ4n) is 6.19. The van der Waals surface area contributed by atoms with E-state index in [0.29, 0.717) is 37.1 Å². The van der Waals surface area contributed by atoms with E-state index < -0.39 is 0 Å². The van der Waals surface area contributed by atoms with E-state index in [1.165, 1.54) is 18.3 Å². The number of para-hydroxylation sites is 1. The molecule has 4 fully saturated rings. The van der Waals surface area contributed by atoms with Gasteiger partial charge in [-0.3, -0.25) is 0 Å². The first kappa shape index (κ1) is 48.6. The molecule has 4 saturated heterocycles. The lowest BCUT2D eigenvalue weighted by atomic mass is 9.55. The first-order valence-corrected chi connectivity index (χ1v) is 20.5. The second-order valence-electron chi connectivity index (χ2n) is 17.7. The van der Waals surface area contributed by atoms with Gasteiger partial charge in [0.1, 0.15) is 5.75 Å². The largest absolute Gasteiger partial charge is 0.560 e. The normalized spacial score (nSPS) is 22.9. The summed E-state index contributed by atoms with van der Waals surface area (Å²) in [5.74, 6) is 3.64. The summed E-state index contributed by atoms with van der Waals surface area (Å²) in [6, 6.07) is 8.12. The molecule has 0 saturated carbocycles. The van der Waals surface area contributed by atoms with Crippen LogP contribution in [0.1, 0.15) is 123 Å². The van der Waals surface area contributed by atoms with Crippen molar-refractivity contribution in [1.29, 1.82) is 0 Å². The minimum Gasteiger partial charge on any atom is -0.560 e. The summed E-state index contributed by atoms with van der Waals surface area (Å²) in [4.78, 5) is 13.7. The molecule has 1 unspecified atom stereocenters. The lowest BCUT2D eigenvalue weighted by Crippen LogP contribution is -2.41. The summed E-state index contributed by atoms with van der Waals surface area (Å²) < 4.78 is 44.4. The predicted octanol–water partition coefficient (Wildman–Crippen LogP) is 9.20. The van der Waals surface area contributed by atoms with Gasteiger partial charge < -0.3 is 37.2 Å². The Morgan fingerprint density at radius 3 is 1.59 bits per heavy atom. The lowest BCUT2D eigenvalue weighted by Gasteiger charge is -2.32. The van der Waals surface area contributed by atoms with Crippen molar-refractivity contribution in [2.45, 2.75) is 188 Å². The molecule has 1 aromatic carbocycles. The van der Waals surface area contributed by atoms with Gasteiger partial charge in [0.15, 0.2) is 0 Å². The number of hydrogen-bond acceptors (Lipinski definition) is 10. The Bertz CT molecular complexity index is 1190. The molecule has 5 aliphatic heterocycles. The summed E-state index contributed by atoms with van der Waals surface area (Å²) in [5.41, 5.74) is 1.00. The zero-order valence-electron chi connectivity index (χ0n) is 36.7. The van der Waals surface area contributed by atoms with E-state index in [2.05, 4.69) is 106 Å². The average molecular weight is 753 g/mol.